The summed E-state index contributed by atoms with van der Waals surface area (Å²) in [6.45, 7) is 1.62. The minimum atomic E-state index is -4.69. The maximum absolute atomic E-state index is 12.1. The molecule has 1 aromatic heterocycles. The summed E-state index contributed by atoms with van der Waals surface area (Å²) in [4.78, 5) is 3.49. The van der Waals surface area contributed by atoms with Crippen molar-refractivity contribution in [3.05, 3.63) is 28.0 Å². The van der Waals surface area contributed by atoms with Gasteiger partial charge >= 0.3 is 6.18 Å². The fraction of sp³-hybridized carbons (Fsp3) is 0.375. The Labute approximate surface area is 86.9 Å². The Balaban J connectivity index is 3.14. The van der Waals surface area contributed by atoms with Gasteiger partial charge in [-0.3, -0.25) is 4.98 Å². The number of aliphatic hydroxyl groups is 1. The number of pyridine rings is 1. The molecule has 0 amide bonds. The third-order valence-electron chi connectivity index (χ3n) is 1.68. The van der Waals surface area contributed by atoms with Crippen LogP contribution < -0.4 is 0 Å². The Bertz CT molecular complexity index is 340. The average Bonchev–Trinajstić information content (AvgIpc) is 2.07. The summed E-state index contributed by atoms with van der Waals surface area (Å²) in [6.07, 6.45) is -6.01. The normalized spacial score (nSPS) is 14.1. The molecule has 0 aliphatic carbocycles. The van der Waals surface area contributed by atoms with E-state index in [2.05, 4.69) is 20.9 Å². The molecule has 1 aromatic rings. The van der Waals surface area contributed by atoms with Crippen LogP contribution in [0.1, 0.15) is 17.4 Å². The first-order valence-electron chi connectivity index (χ1n) is 3.70. The Morgan fingerprint density at radius 2 is 2.07 bits per heavy atom. The van der Waals surface area contributed by atoms with Crippen molar-refractivity contribution in [3.8, 4) is 0 Å². The summed E-state index contributed by atoms with van der Waals surface area (Å²) >= 11 is 2.95. The molecule has 0 fully saturated rings. The Morgan fingerprint density at radius 3 is 2.57 bits per heavy atom. The Hall–Kier alpha value is -0.620. The van der Waals surface area contributed by atoms with Gasteiger partial charge in [0.1, 0.15) is 0 Å². The molecular weight excluding hydrogens is 263 g/mol. The summed E-state index contributed by atoms with van der Waals surface area (Å²) in [6, 6.07) is 1.55. The Kier molecular flexibility index (Phi) is 3.16. The first kappa shape index (κ1) is 11.5. The van der Waals surface area contributed by atoms with Crippen molar-refractivity contribution < 1.29 is 18.3 Å². The first-order valence-corrected chi connectivity index (χ1v) is 4.49. The number of nitrogens with zero attached hydrogens (tertiary/aromatic N) is 1. The number of rotatable bonds is 1. The van der Waals surface area contributed by atoms with Gasteiger partial charge < -0.3 is 5.11 Å². The van der Waals surface area contributed by atoms with Gasteiger partial charge in [-0.1, -0.05) is 0 Å². The van der Waals surface area contributed by atoms with Gasteiger partial charge in [-0.25, -0.2) is 0 Å². The van der Waals surface area contributed by atoms with Gasteiger partial charge in [-0.2, -0.15) is 13.2 Å². The smallest absolute Gasteiger partial charge is 0.378 e. The third-order valence-corrected chi connectivity index (χ3v) is 2.71. The van der Waals surface area contributed by atoms with Crippen LogP contribution in [0, 0.1) is 6.92 Å². The van der Waals surface area contributed by atoms with E-state index < -0.39 is 18.0 Å². The highest BCUT2D eigenvalue weighted by Crippen LogP contribution is 2.35. The topological polar surface area (TPSA) is 33.1 Å². The highest BCUT2D eigenvalue weighted by atomic mass is 79.9. The molecule has 14 heavy (non-hydrogen) atoms. The molecule has 1 rings (SSSR count). The van der Waals surface area contributed by atoms with E-state index in [1.54, 1.807) is 13.0 Å². The standard InChI is InChI=1S/C8H7BrF3NO/c1-4-2-3-13-6(5(4)9)7(14)8(10,11)12/h2-3,7,14H,1H3. The van der Waals surface area contributed by atoms with E-state index in [1.165, 1.54) is 6.20 Å². The zero-order valence-electron chi connectivity index (χ0n) is 7.14. The summed E-state index contributed by atoms with van der Waals surface area (Å²) in [5.74, 6) is 0. The number of aromatic nitrogens is 1. The molecule has 2 nitrogen and oxygen atoms in total. The van der Waals surface area contributed by atoms with Crippen LogP contribution in [-0.4, -0.2) is 16.3 Å². The number of halogens is 4. The Morgan fingerprint density at radius 1 is 1.50 bits per heavy atom. The van der Waals surface area contributed by atoms with E-state index >= 15 is 0 Å². The number of alkyl halides is 3. The molecule has 0 aliphatic rings. The van der Waals surface area contributed by atoms with Crippen molar-refractivity contribution in [1.82, 2.24) is 4.98 Å². The molecular formula is C8H7BrF3NO. The first-order chi connectivity index (χ1) is 6.34. The van der Waals surface area contributed by atoms with Crippen LogP contribution in [0.25, 0.3) is 0 Å². The molecule has 1 unspecified atom stereocenters. The predicted octanol–water partition coefficient (Wildman–Crippen LogP) is 2.75. The minimum absolute atomic E-state index is 0.185. The van der Waals surface area contributed by atoms with Gasteiger partial charge in [-0.15, -0.1) is 0 Å². The van der Waals surface area contributed by atoms with Crippen molar-refractivity contribution in [3.63, 3.8) is 0 Å². The SMILES string of the molecule is Cc1ccnc(C(O)C(F)(F)F)c1Br. The van der Waals surface area contributed by atoms with E-state index in [1.807, 2.05) is 0 Å². The zero-order chi connectivity index (χ0) is 10.9. The van der Waals surface area contributed by atoms with E-state index in [0.29, 0.717) is 5.56 Å². The lowest BCUT2D eigenvalue weighted by atomic mass is 10.2. The maximum Gasteiger partial charge on any atom is 0.420 e. The van der Waals surface area contributed by atoms with E-state index in [9.17, 15) is 13.2 Å². The van der Waals surface area contributed by atoms with Crippen LogP contribution >= 0.6 is 15.9 Å². The second kappa shape index (κ2) is 3.86. The van der Waals surface area contributed by atoms with Crippen LogP contribution in [0.5, 0.6) is 0 Å². The fourth-order valence-corrected chi connectivity index (χ4v) is 1.36. The molecule has 0 bridgehead atoms. The number of hydrogen-bond donors (Lipinski definition) is 1. The number of aliphatic hydroxyl groups excluding tert-OH is 1. The predicted molar refractivity (Wildman–Crippen MR) is 47.7 cm³/mol. The van der Waals surface area contributed by atoms with E-state index in [0.717, 1.165) is 0 Å². The summed E-state index contributed by atoms with van der Waals surface area (Å²) in [5, 5.41) is 8.94. The van der Waals surface area contributed by atoms with E-state index in [4.69, 9.17) is 5.11 Å². The molecule has 1 heterocycles. The van der Waals surface area contributed by atoms with Gasteiger partial charge in [0.25, 0.3) is 0 Å². The van der Waals surface area contributed by atoms with Crippen molar-refractivity contribution in [2.45, 2.75) is 19.2 Å². The fourth-order valence-electron chi connectivity index (χ4n) is 0.907. The van der Waals surface area contributed by atoms with Crippen LogP contribution in [0.4, 0.5) is 13.2 Å². The second-order valence-electron chi connectivity index (χ2n) is 2.77. The number of hydrogen-bond acceptors (Lipinski definition) is 2. The van der Waals surface area contributed by atoms with Gasteiger partial charge in [0.05, 0.1) is 5.69 Å². The van der Waals surface area contributed by atoms with E-state index in [-0.39, 0.29) is 4.47 Å². The van der Waals surface area contributed by atoms with Gasteiger partial charge in [0.2, 0.25) is 0 Å². The van der Waals surface area contributed by atoms with Gasteiger partial charge in [-0.05, 0) is 34.5 Å². The maximum atomic E-state index is 12.1. The molecule has 0 aromatic carbocycles. The molecule has 0 spiro atoms. The molecule has 0 saturated carbocycles. The molecule has 0 aliphatic heterocycles. The lowest BCUT2D eigenvalue weighted by molar-refractivity contribution is -0.208. The van der Waals surface area contributed by atoms with Crippen molar-refractivity contribution >= 4 is 15.9 Å². The van der Waals surface area contributed by atoms with Gasteiger partial charge in [0.15, 0.2) is 6.10 Å². The van der Waals surface area contributed by atoms with Crippen LogP contribution in [0.2, 0.25) is 0 Å². The van der Waals surface area contributed by atoms with Crippen LogP contribution in [0.15, 0.2) is 16.7 Å². The third kappa shape index (κ3) is 2.24. The number of aryl methyl sites for hydroxylation is 1. The molecule has 1 atom stereocenters. The van der Waals surface area contributed by atoms with Crippen LogP contribution in [-0.2, 0) is 0 Å². The van der Waals surface area contributed by atoms with Crippen molar-refractivity contribution in [2.24, 2.45) is 0 Å². The lowest BCUT2D eigenvalue weighted by Crippen LogP contribution is -2.21. The van der Waals surface area contributed by atoms with Gasteiger partial charge in [0, 0.05) is 10.7 Å². The molecule has 0 saturated heterocycles. The van der Waals surface area contributed by atoms with Crippen LogP contribution in [0.3, 0.4) is 0 Å². The summed E-state index contributed by atoms with van der Waals surface area (Å²) < 4.78 is 36.6. The molecule has 1 N–H and O–H groups in total. The highest BCUT2D eigenvalue weighted by Gasteiger charge is 2.41. The zero-order valence-corrected chi connectivity index (χ0v) is 8.72. The second-order valence-corrected chi connectivity index (χ2v) is 3.56. The van der Waals surface area contributed by atoms with Crippen molar-refractivity contribution in [1.29, 1.82) is 0 Å². The van der Waals surface area contributed by atoms with Crippen molar-refractivity contribution in [2.75, 3.05) is 0 Å². The summed E-state index contributed by atoms with van der Waals surface area (Å²) in [5.41, 5.74) is 0.191. The monoisotopic (exact) mass is 269 g/mol. The molecule has 78 valence electrons. The quantitative estimate of drug-likeness (QED) is 0.851. The average molecular weight is 270 g/mol. The molecule has 6 heteroatoms. The summed E-state index contributed by atoms with van der Waals surface area (Å²) in [7, 11) is 0. The minimum Gasteiger partial charge on any atom is -0.378 e. The lowest BCUT2D eigenvalue weighted by Gasteiger charge is -2.15. The highest BCUT2D eigenvalue weighted by molar-refractivity contribution is 9.10. The molecule has 0 radical (unpaired) electrons. The largest absolute Gasteiger partial charge is 0.420 e.